The van der Waals surface area contributed by atoms with Gasteiger partial charge in [0.15, 0.2) is 17.3 Å². The van der Waals surface area contributed by atoms with Crippen molar-refractivity contribution in [1.82, 2.24) is 9.97 Å². The van der Waals surface area contributed by atoms with E-state index in [2.05, 4.69) is 20.5 Å². The highest BCUT2D eigenvalue weighted by Gasteiger charge is 2.33. The number of nitrogens with one attached hydrogen (secondary N) is 1. The number of aromatic nitrogens is 2. The quantitative estimate of drug-likeness (QED) is 0.481. The zero-order valence-electron chi connectivity index (χ0n) is 15.6. The predicted molar refractivity (Wildman–Crippen MR) is 103 cm³/mol. The molecule has 1 aromatic heterocycles. The Morgan fingerprint density at radius 3 is 2.38 bits per heavy atom. The fourth-order valence-corrected chi connectivity index (χ4v) is 2.46. The second-order valence-corrected chi connectivity index (χ2v) is 5.80. The zero-order valence-corrected chi connectivity index (χ0v) is 15.6. The van der Waals surface area contributed by atoms with E-state index in [9.17, 15) is 13.2 Å². The molecule has 1 heterocycles. The van der Waals surface area contributed by atoms with Crippen molar-refractivity contribution in [3.8, 4) is 22.9 Å². The van der Waals surface area contributed by atoms with Crippen LogP contribution < -0.4 is 14.9 Å². The number of hydrogen-bond acceptors (Lipinski definition) is 6. The molecule has 0 amide bonds. The molecule has 0 aliphatic heterocycles. The third-order valence-electron chi connectivity index (χ3n) is 3.87. The Labute approximate surface area is 165 Å². The van der Waals surface area contributed by atoms with Gasteiger partial charge in [-0.2, -0.15) is 18.3 Å². The second kappa shape index (κ2) is 8.59. The number of anilines is 1. The van der Waals surface area contributed by atoms with E-state index in [1.807, 2.05) is 0 Å². The molecule has 0 saturated heterocycles. The smallest absolute Gasteiger partial charge is 0.433 e. The van der Waals surface area contributed by atoms with Crippen LogP contribution in [-0.4, -0.2) is 30.4 Å². The normalized spacial score (nSPS) is 11.5. The number of halogens is 3. The first kappa shape index (κ1) is 20.1. The van der Waals surface area contributed by atoms with Gasteiger partial charge in [0, 0.05) is 23.3 Å². The van der Waals surface area contributed by atoms with Gasteiger partial charge in [0.05, 0.1) is 20.4 Å². The highest BCUT2D eigenvalue weighted by Crippen LogP contribution is 2.30. The van der Waals surface area contributed by atoms with Gasteiger partial charge in [0.1, 0.15) is 11.5 Å². The van der Waals surface area contributed by atoms with Crippen molar-refractivity contribution in [3.63, 3.8) is 0 Å². The molecule has 0 atom stereocenters. The summed E-state index contributed by atoms with van der Waals surface area (Å²) < 4.78 is 50.1. The lowest BCUT2D eigenvalue weighted by Crippen LogP contribution is -2.11. The van der Waals surface area contributed by atoms with E-state index in [-0.39, 0.29) is 11.6 Å². The van der Waals surface area contributed by atoms with Crippen LogP contribution in [0.15, 0.2) is 59.7 Å². The molecule has 3 aromatic rings. The molecule has 2 aromatic carbocycles. The molecule has 0 radical (unpaired) electrons. The molecule has 0 unspecified atom stereocenters. The van der Waals surface area contributed by atoms with Gasteiger partial charge in [-0.1, -0.05) is 30.3 Å². The fourth-order valence-electron chi connectivity index (χ4n) is 2.46. The van der Waals surface area contributed by atoms with E-state index < -0.39 is 11.9 Å². The fraction of sp³-hybridized carbons (Fsp3) is 0.150. The molecule has 3 rings (SSSR count). The van der Waals surface area contributed by atoms with Gasteiger partial charge in [0.2, 0.25) is 0 Å². The molecular formula is C20H17F3N4O2. The number of rotatable bonds is 6. The van der Waals surface area contributed by atoms with Crippen LogP contribution in [0.4, 0.5) is 19.0 Å². The molecule has 150 valence electrons. The lowest BCUT2D eigenvalue weighted by atomic mass is 10.2. The van der Waals surface area contributed by atoms with Crippen molar-refractivity contribution in [2.45, 2.75) is 6.18 Å². The molecule has 0 spiro atoms. The summed E-state index contributed by atoms with van der Waals surface area (Å²) in [5, 5.41) is 3.98. The Morgan fingerprint density at radius 2 is 1.72 bits per heavy atom. The summed E-state index contributed by atoms with van der Waals surface area (Å²) in [4.78, 5) is 7.76. The third-order valence-corrected chi connectivity index (χ3v) is 3.87. The zero-order chi connectivity index (χ0) is 20.9. The number of methoxy groups -OCH3 is 2. The second-order valence-electron chi connectivity index (χ2n) is 5.80. The number of nitrogens with zero attached hydrogens (tertiary/aromatic N) is 3. The van der Waals surface area contributed by atoms with Crippen LogP contribution in [0.3, 0.4) is 0 Å². The van der Waals surface area contributed by atoms with Crippen molar-refractivity contribution >= 4 is 12.0 Å². The third kappa shape index (κ3) is 5.01. The molecular weight excluding hydrogens is 385 g/mol. The number of hydrazone groups is 1. The standard InChI is InChI=1S/C20H17F3N4O2/c1-28-15-9-8-14(16(10-15)29-2)12-24-27-18-11-17(20(21,22)23)25-19(26-18)13-6-4-3-5-7-13/h3-12H,1-2H3,(H,25,26,27)/b24-12-. The topological polar surface area (TPSA) is 68.6 Å². The molecule has 0 saturated carbocycles. The maximum atomic E-state index is 13.2. The predicted octanol–water partition coefficient (Wildman–Crippen LogP) is 4.63. The number of ether oxygens (including phenoxy) is 2. The van der Waals surface area contributed by atoms with Crippen LogP contribution in [0.5, 0.6) is 11.5 Å². The highest BCUT2D eigenvalue weighted by molar-refractivity contribution is 5.84. The van der Waals surface area contributed by atoms with E-state index in [0.29, 0.717) is 22.6 Å². The maximum absolute atomic E-state index is 13.2. The van der Waals surface area contributed by atoms with Gasteiger partial charge in [0.25, 0.3) is 0 Å². The summed E-state index contributed by atoms with van der Waals surface area (Å²) in [6.45, 7) is 0. The van der Waals surface area contributed by atoms with Gasteiger partial charge in [-0.25, -0.2) is 9.97 Å². The maximum Gasteiger partial charge on any atom is 0.433 e. The molecule has 29 heavy (non-hydrogen) atoms. The minimum absolute atomic E-state index is 0.0554. The Bertz CT molecular complexity index is 1010. The highest BCUT2D eigenvalue weighted by atomic mass is 19.4. The van der Waals surface area contributed by atoms with Crippen molar-refractivity contribution in [1.29, 1.82) is 0 Å². The minimum Gasteiger partial charge on any atom is -0.497 e. The molecule has 0 fully saturated rings. The lowest BCUT2D eigenvalue weighted by Gasteiger charge is -2.10. The number of benzene rings is 2. The van der Waals surface area contributed by atoms with Crippen LogP contribution in [0.1, 0.15) is 11.3 Å². The monoisotopic (exact) mass is 402 g/mol. The summed E-state index contributed by atoms with van der Waals surface area (Å²) in [5.41, 5.74) is 2.53. The van der Waals surface area contributed by atoms with Crippen LogP contribution in [0, 0.1) is 0 Å². The van der Waals surface area contributed by atoms with Crippen molar-refractivity contribution in [2.24, 2.45) is 5.10 Å². The van der Waals surface area contributed by atoms with Crippen molar-refractivity contribution in [2.75, 3.05) is 19.6 Å². The first-order valence-electron chi connectivity index (χ1n) is 8.43. The van der Waals surface area contributed by atoms with Crippen molar-refractivity contribution < 1.29 is 22.6 Å². The number of alkyl halides is 3. The van der Waals surface area contributed by atoms with E-state index in [0.717, 1.165) is 6.07 Å². The summed E-state index contributed by atoms with van der Waals surface area (Å²) in [5.74, 6) is 0.957. The van der Waals surface area contributed by atoms with Gasteiger partial charge in [-0.05, 0) is 12.1 Å². The molecule has 6 nitrogen and oxygen atoms in total. The average Bonchev–Trinajstić information content (AvgIpc) is 2.73. The van der Waals surface area contributed by atoms with E-state index >= 15 is 0 Å². The largest absolute Gasteiger partial charge is 0.497 e. The Kier molecular flexibility index (Phi) is 5.96. The van der Waals surface area contributed by atoms with E-state index in [1.54, 1.807) is 48.5 Å². The van der Waals surface area contributed by atoms with E-state index in [1.165, 1.54) is 20.4 Å². The Balaban J connectivity index is 1.90. The average molecular weight is 402 g/mol. The van der Waals surface area contributed by atoms with Crippen LogP contribution >= 0.6 is 0 Å². The molecule has 1 N–H and O–H groups in total. The summed E-state index contributed by atoms with van der Waals surface area (Å²) in [6, 6.07) is 14.3. The summed E-state index contributed by atoms with van der Waals surface area (Å²) in [7, 11) is 3.02. The summed E-state index contributed by atoms with van der Waals surface area (Å²) in [6.07, 6.45) is -3.21. The van der Waals surface area contributed by atoms with E-state index in [4.69, 9.17) is 9.47 Å². The minimum atomic E-state index is -4.62. The summed E-state index contributed by atoms with van der Waals surface area (Å²) >= 11 is 0. The van der Waals surface area contributed by atoms with Gasteiger partial charge < -0.3 is 9.47 Å². The molecule has 0 bridgehead atoms. The van der Waals surface area contributed by atoms with Gasteiger partial charge in [-0.15, -0.1) is 0 Å². The van der Waals surface area contributed by atoms with Gasteiger partial charge >= 0.3 is 6.18 Å². The molecule has 9 heteroatoms. The Morgan fingerprint density at radius 1 is 0.966 bits per heavy atom. The molecule has 0 aliphatic carbocycles. The number of hydrogen-bond donors (Lipinski definition) is 1. The lowest BCUT2D eigenvalue weighted by molar-refractivity contribution is -0.141. The first-order valence-corrected chi connectivity index (χ1v) is 8.43. The van der Waals surface area contributed by atoms with Crippen LogP contribution in [-0.2, 0) is 6.18 Å². The van der Waals surface area contributed by atoms with Crippen molar-refractivity contribution in [3.05, 3.63) is 65.9 Å². The van der Waals surface area contributed by atoms with Crippen LogP contribution in [0.25, 0.3) is 11.4 Å². The molecule has 0 aliphatic rings. The van der Waals surface area contributed by atoms with Gasteiger partial charge in [-0.3, -0.25) is 5.43 Å². The Hall–Kier alpha value is -3.62. The SMILES string of the molecule is COc1ccc(/C=N\Nc2cc(C(F)(F)F)nc(-c3ccccc3)n2)c(OC)c1. The first-order chi connectivity index (χ1) is 13.9. The van der Waals surface area contributed by atoms with Crippen LogP contribution in [0.2, 0.25) is 0 Å².